The van der Waals surface area contributed by atoms with E-state index in [0.717, 1.165) is 45.3 Å². The first-order valence-electron chi connectivity index (χ1n) is 10.2. The number of nitrogens with one attached hydrogen (secondary N) is 1. The predicted molar refractivity (Wildman–Crippen MR) is 110 cm³/mol. The third-order valence-corrected chi connectivity index (χ3v) is 6.64. The molecule has 1 atom stereocenters. The fourth-order valence-electron chi connectivity index (χ4n) is 4.83. The Bertz CT molecular complexity index is 778. The second-order valence-corrected chi connectivity index (χ2v) is 8.36. The van der Waals surface area contributed by atoms with Crippen LogP contribution in [0.15, 0.2) is 54.6 Å². The van der Waals surface area contributed by atoms with Crippen LogP contribution >= 0.6 is 0 Å². The largest absolute Gasteiger partial charge is 0.355 e. The van der Waals surface area contributed by atoms with Gasteiger partial charge in [-0.1, -0.05) is 54.6 Å². The molecular formula is C24H30N2O. The van der Waals surface area contributed by atoms with Crippen molar-refractivity contribution in [1.29, 1.82) is 0 Å². The smallest absolute Gasteiger partial charge is 0.220 e. The van der Waals surface area contributed by atoms with Crippen molar-refractivity contribution in [3.8, 4) is 0 Å². The van der Waals surface area contributed by atoms with E-state index in [4.69, 9.17) is 0 Å². The standard InChI is InChI=1S/C24H30N2O/c1-26-15-13-24(14-16-26,21-8-3-2-4-9-21)18-25-23(27)17-20-12-11-19-7-5-6-10-22(19)20/h2-10,20H,11-18H2,1H3,(H,25,27). The Kier molecular flexibility index (Phi) is 5.31. The third-order valence-electron chi connectivity index (χ3n) is 6.64. The summed E-state index contributed by atoms with van der Waals surface area (Å²) in [5, 5.41) is 3.31. The summed E-state index contributed by atoms with van der Waals surface area (Å²) in [5.41, 5.74) is 4.23. The number of benzene rings is 2. The lowest BCUT2D eigenvalue weighted by Crippen LogP contribution is -2.48. The fourth-order valence-corrected chi connectivity index (χ4v) is 4.83. The van der Waals surface area contributed by atoms with E-state index in [1.165, 1.54) is 16.7 Å². The van der Waals surface area contributed by atoms with E-state index in [1.54, 1.807) is 0 Å². The van der Waals surface area contributed by atoms with E-state index < -0.39 is 0 Å². The maximum absolute atomic E-state index is 12.8. The van der Waals surface area contributed by atoms with Gasteiger partial charge in [0.1, 0.15) is 0 Å². The molecule has 3 heteroatoms. The van der Waals surface area contributed by atoms with Gasteiger partial charge in [-0.25, -0.2) is 0 Å². The highest BCUT2D eigenvalue weighted by Crippen LogP contribution is 2.36. The van der Waals surface area contributed by atoms with Gasteiger partial charge in [0.25, 0.3) is 0 Å². The topological polar surface area (TPSA) is 32.3 Å². The number of carbonyl (C=O) groups is 1. The van der Waals surface area contributed by atoms with Gasteiger partial charge in [0.05, 0.1) is 0 Å². The number of fused-ring (bicyclic) bond motifs is 1. The zero-order chi connectivity index (χ0) is 18.7. The van der Waals surface area contributed by atoms with E-state index >= 15 is 0 Å². The molecule has 2 aromatic carbocycles. The molecule has 3 nitrogen and oxygen atoms in total. The van der Waals surface area contributed by atoms with Crippen LogP contribution in [0, 0.1) is 0 Å². The molecule has 2 aliphatic rings. The highest BCUT2D eigenvalue weighted by atomic mass is 16.1. The van der Waals surface area contributed by atoms with Crippen molar-refractivity contribution >= 4 is 5.91 Å². The molecule has 0 radical (unpaired) electrons. The van der Waals surface area contributed by atoms with E-state index in [-0.39, 0.29) is 11.3 Å². The Labute approximate surface area is 162 Å². The summed E-state index contributed by atoms with van der Waals surface area (Å²) in [6.07, 6.45) is 5.01. The second kappa shape index (κ2) is 7.85. The number of rotatable bonds is 5. The van der Waals surface area contributed by atoms with Gasteiger partial charge in [0.15, 0.2) is 0 Å². The lowest BCUT2D eigenvalue weighted by molar-refractivity contribution is -0.121. The minimum atomic E-state index is 0.0665. The summed E-state index contributed by atoms with van der Waals surface area (Å²) in [6, 6.07) is 19.4. The van der Waals surface area contributed by atoms with Gasteiger partial charge in [-0.15, -0.1) is 0 Å². The Balaban J connectivity index is 1.42. The molecule has 4 rings (SSSR count). The minimum Gasteiger partial charge on any atom is -0.355 e. The van der Waals surface area contributed by atoms with Crippen molar-refractivity contribution in [2.24, 2.45) is 0 Å². The molecule has 1 unspecified atom stereocenters. The van der Waals surface area contributed by atoms with Crippen LogP contribution in [-0.2, 0) is 16.6 Å². The minimum absolute atomic E-state index is 0.0665. The summed E-state index contributed by atoms with van der Waals surface area (Å²) in [6.45, 7) is 2.92. The van der Waals surface area contributed by atoms with Gasteiger partial charge in [-0.3, -0.25) is 4.79 Å². The molecular weight excluding hydrogens is 332 g/mol. The number of hydrogen-bond donors (Lipinski definition) is 1. The lowest BCUT2D eigenvalue weighted by atomic mass is 9.72. The number of carbonyl (C=O) groups excluding carboxylic acids is 1. The molecule has 0 saturated carbocycles. The monoisotopic (exact) mass is 362 g/mol. The van der Waals surface area contributed by atoms with Crippen LogP contribution in [0.25, 0.3) is 0 Å². The Morgan fingerprint density at radius 1 is 1.07 bits per heavy atom. The summed E-state index contributed by atoms with van der Waals surface area (Å²) in [4.78, 5) is 15.2. The van der Waals surface area contributed by atoms with Gasteiger partial charge in [-0.05, 0) is 68.4 Å². The number of piperidine rings is 1. The molecule has 1 aliphatic heterocycles. The molecule has 27 heavy (non-hydrogen) atoms. The molecule has 1 amide bonds. The van der Waals surface area contributed by atoms with Crippen LogP contribution in [0.3, 0.4) is 0 Å². The van der Waals surface area contributed by atoms with Crippen molar-refractivity contribution in [3.05, 3.63) is 71.3 Å². The average Bonchev–Trinajstić information content (AvgIpc) is 3.11. The SMILES string of the molecule is CN1CCC(CNC(=O)CC2CCc3ccccc32)(c2ccccc2)CC1. The van der Waals surface area contributed by atoms with Gasteiger partial charge in [0.2, 0.25) is 5.91 Å². The molecule has 0 aromatic heterocycles. The Morgan fingerprint density at radius 2 is 1.78 bits per heavy atom. The molecule has 142 valence electrons. The molecule has 1 fully saturated rings. The summed E-state index contributed by atoms with van der Waals surface area (Å²) in [7, 11) is 2.19. The average molecular weight is 363 g/mol. The molecule has 0 bridgehead atoms. The molecule has 1 aliphatic carbocycles. The number of amides is 1. The van der Waals surface area contributed by atoms with Crippen molar-refractivity contribution in [2.75, 3.05) is 26.7 Å². The van der Waals surface area contributed by atoms with Crippen molar-refractivity contribution in [3.63, 3.8) is 0 Å². The molecule has 1 heterocycles. The summed E-state index contributed by atoms with van der Waals surface area (Å²) >= 11 is 0. The highest BCUT2D eigenvalue weighted by molar-refractivity contribution is 5.77. The van der Waals surface area contributed by atoms with Crippen molar-refractivity contribution in [1.82, 2.24) is 10.2 Å². The first kappa shape index (κ1) is 18.2. The van der Waals surface area contributed by atoms with Crippen LogP contribution in [0.2, 0.25) is 0 Å². The van der Waals surface area contributed by atoms with Crippen LogP contribution in [-0.4, -0.2) is 37.5 Å². The Hall–Kier alpha value is -2.13. The Morgan fingerprint density at radius 3 is 2.56 bits per heavy atom. The van der Waals surface area contributed by atoms with Gasteiger partial charge < -0.3 is 10.2 Å². The summed E-state index contributed by atoms with van der Waals surface area (Å²) in [5.74, 6) is 0.581. The first-order valence-corrected chi connectivity index (χ1v) is 10.2. The summed E-state index contributed by atoms with van der Waals surface area (Å²) < 4.78 is 0. The first-order chi connectivity index (χ1) is 13.2. The number of hydrogen-bond acceptors (Lipinski definition) is 2. The van der Waals surface area contributed by atoms with Crippen molar-refractivity contribution in [2.45, 2.75) is 43.4 Å². The van der Waals surface area contributed by atoms with Crippen LogP contribution in [0.5, 0.6) is 0 Å². The molecule has 0 spiro atoms. The second-order valence-electron chi connectivity index (χ2n) is 8.36. The fraction of sp³-hybridized carbons (Fsp3) is 0.458. The number of nitrogens with zero attached hydrogens (tertiary/aromatic N) is 1. The van der Waals surface area contributed by atoms with Crippen molar-refractivity contribution < 1.29 is 4.79 Å². The number of likely N-dealkylation sites (tertiary alicyclic amines) is 1. The van der Waals surface area contributed by atoms with E-state index in [0.29, 0.717) is 12.3 Å². The van der Waals surface area contributed by atoms with E-state index in [2.05, 4.69) is 71.9 Å². The maximum Gasteiger partial charge on any atom is 0.220 e. The quantitative estimate of drug-likeness (QED) is 0.875. The lowest BCUT2D eigenvalue weighted by Gasteiger charge is -2.41. The third kappa shape index (κ3) is 3.93. The normalized spacial score (nSPS) is 21.6. The van der Waals surface area contributed by atoms with E-state index in [1.807, 2.05) is 0 Å². The number of aryl methyl sites for hydroxylation is 1. The predicted octanol–water partition coefficient (Wildman–Crippen LogP) is 3.89. The van der Waals surface area contributed by atoms with Crippen LogP contribution < -0.4 is 5.32 Å². The zero-order valence-corrected chi connectivity index (χ0v) is 16.3. The van der Waals surface area contributed by atoms with E-state index in [9.17, 15) is 4.79 Å². The zero-order valence-electron chi connectivity index (χ0n) is 16.3. The van der Waals surface area contributed by atoms with Gasteiger partial charge >= 0.3 is 0 Å². The molecule has 1 saturated heterocycles. The molecule has 1 N–H and O–H groups in total. The van der Waals surface area contributed by atoms with Crippen LogP contribution in [0.1, 0.15) is 48.3 Å². The maximum atomic E-state index is 12.8. The highest BCUT2D eigenvalue weighted by Gasteiger charge is 2.36. The molecule has 2 aromatic rings. The van der Waals surface area contributed by atoms with Crippen LogP contribution in [0.4, 0.5) is 0 Å². The van der Waals surface area contributed by atoms with Gasteiger partial charge in [-0.2, -0.15) is 0 Å². The van der Waals surface area contributed by atoms with Gasteiger partial charge in [0, 0.05) is 18.4 Å².